The first kappa shape index (κ1) is 15.6. The van der Waals surface area contributed by atoms with Crippen LogP contribution in [-0.4, -0.2) is 39.1 Å². The van der Waals surface area contributed by atoms with Gasteiger partial charge in [0.15, 0.2) is 21.8 Å². The van der Waals surface area contributed by atoms with Crippen molar-refractivity contribution < 1.29 is 9.47 Å². The molecule has 0 atom stereocenters. The van der Waals surface area contributed by atoms with Crippen molar-refractivity contribution in [2.24, 2.45) is 0 Å². The lowest BCUT2D eigenvalue weighted by atomic mass is 10.5. The second-order valence-corrected chi connectivity index (χ2v) is 5.29. The Morgan fingerprint density at radius 3 is 1.90 bits per heavy atom. The fourth-order valence-corrected chi connectivity index (χ4v) is 1.94. The topological polar surface area (TPSA) is 70.0 Å². The number of hydrogen-bond donors (Lipinski definition) is 0. The molecule has 0 saturated heterocycles. The summed E-state index contributed by atoms with van der Waals surface area (Å²) in [6, 6.07) is 0. The summed E-state index contributed by atoms with van der Waals surface area (Å²) in [5, 5.41) is 1.39. The lowest BCUT2D eigenvalue weighted by Crippen LogP contribution is -2.07. The van der Waals surface area contributed by atoms with Gasteiger partial charge in [-0.25, -0.2) is 19.9 Å². The Kier molecular flexibility index (Phi) is 5.82. The summed E-state index contributed by atoms with van der Waals surface area (Å²) in [6.07, 6.45) is 10.2. The molecule has 0 aliphatic carbocycles. The SMILES string of the molecule is C=C(COc1cnc(SC)nc1)Oc1cnc(SC)nc1. The Morgan fingerprint density at radius 1 is 0.952 bits per heavy atom. The van der Waals surface area contributed by atoms with Crippen LogP contribution in [0.1, 0.15) is 0 Å². The predicted octanol–water partition coefficient (Wildman–Crippen LogP) is 2.68. The van der Waals surface area contributed by atoms with Gasteiger partial charge in [-0.1, -0.05) is 30.1 Å². The number of rotatable bonds is 7. The Morgan fingerprint density at radius 2 is 1.43 bits per heavy atom. The van der Waals surface area contributed by atoms with Crippen LogP contribution in [-0.2, 0) is 0 Å². The normalized spacial score (nSPS) is 10.2. The molecule has 2 heterocycles. The standard InChI is InChI=1S/C13H14N4O2S2/c1-9(19-11-6-16-13(21-3)17-7-11)8-18-10-4-14-12(20-2)15-5-10/h4-7H,1,8H2,2-3H3. The highest BCUT2D eigenvalue weighted by atomic mass is 32.2. The maximum Gasteiger partial charge on any atom is 0.187 e. The third-order valence-corrected chi connectivity index (χ3v) is 3.39. The summed E-state index contributed by atoms with van der Waals surface area (Å²) in [5.41, 5.74) is 0. The minimum absolute atomic E-state index is 0.201. The molecule has 0 aliphatic rings. The smallest absolute Gasteiger partial charge is 0.187 e. The molecule has 0 radical (unpaired) electrons. The van der Waals surface area contributed by atoms with E-state index in [2.05, 4.69) is 26.5 Å². The van der Waals surface area contributed by atoms with Gasteiger partial charge in [0.1, 0.15) is 12.4 Å². The van der Waals surface area contributed by atoms with Gasteiger partial charge in [0.05, 0.1) is 24.8 Å². The maximum atomic E-state index is 5.48. The lowest BCUT2D eigenvalue weighted by Gasteiger charge is -2.09. The Balaban J connectivity index is 1.83. The van der Waals surface area contributed by atoms with Crippen LogP contribution in [0.2, 0.25) is 0 Å². The zero-order valence-electron chi connectivity index (χ0n) is 11.6. The van der Waals surface area contributed by atoms with Gasteiger partial charge in [-0.2, -0.15) is 0 Å². The van der Waals surface area contributed by atoms with Gasteiger partial charge in [0, 0.05) is 0 Å². The molecule has 6 nitrogen and oxygen atoms in total. The number of nitrogens with zero attached hydrogens (tertiary/aromatic N) is 4. The second-order valence-electron chi connectivity index (χ2n) is 3.74. The van der Waals surface area contributed by atoms with Crippen LogP contribution in [0.15, 0.2) is 47.4 Å². The molecule has 2 aromatic rings. The summed E-state index contributed by atoms with van der Waals surface area (Å²) < 4.78 is 11.0. The Hall–Kier alpha value is -1.80. The van der Waals surface area contributed by atoms with Crippen molar-refractivity contribution in [2.75, 3.05) is 19.1 Å². The van der Waals surface area contributed by atoms with Crippen LogP contribution in [0.3, 0.4) is 0 Å². The number of ether oxygens (including phenoxy) is 2. The molecule has 0 N–H and O–H groups in total. The molecule has 2 aromatic heterocycles. The average Bonchev–Trinajstić information content (AvgIpc) is 2.54. The van der Waals surface area contributed by atoms with E-state index in [0.29, 0.717) is 27.6 Å². The van der Waals surface area contributed by atoms with E-state index < -0.39 is 0 Å². The molecule has 8 heteroatoms. The number of aromatic nitrogens is 4. The Labute approximate surface area is 131 Å². The van der Waals surface area contributed by atoms with Crippen LogP contribution in [0, 0.1) is 0 Å². The van der Waals surface area contributed by atoms with Gasteiger partial charge in [-0.15, -0.1) is 0 Å². The predicted molar refractivity (Wildman–Crippen MR) is 82.9 cm³/mol. The van der Waals surface area contributed by atoms with Crippen molar-refractivity contribution in [1.82, 2.24) is 19.9 Å². The maximum absolute atomic E-state index is 5.48. The van der Waals surface area contributed by atoms with Crippen LogP contribution in [0.25, 0.3) is 0 Å². The van der Waals surface area contributed by atoms with Crippen LogP contribution < -0.4 is 9.47 Å². The highest BCUT2D eigenvalue weighted by Gasteiger charge is 2.03. The molecule has 0 unspecified atom stereocenters. The fraction of sp³-hybridized carbons (Fsp3) is 0.231. The zero-order chi connectivity index (χ0) is 15.1. The van der Waals surface area contributed by atoms with Gasteiger partial charge in [0.2, 0.25) is 0 Å². The minimum atomic E-state index is 0.201. The molecule has 0 amide bonds. The summed E-state index contributed by atoms with van der Waals surface area (Å²) in [7, 11) is 0. The fourth-order valence-electron chi connectivity index (χ4n) is 1.31. The third-order valence-electron chi connectivity index (χ3n) is 2.24. The van der Waals surface area contributed by atoms with E-state index in [1.54, 1.807) is 24.8 Å². The van der Waals surface area contributed by atoms with Crippen LogP contribution in [0.5, 0.6) is 11.5 Å². The molecule has 0 spiro atoms. The zero-order valence-corrected chi connectivity index (χ0v) is 13.3. The van der Waals surface area contributed by atoms with E-state index in [4.69, 9.17) is 9.47 Å². The molecular weight excluding hydrogens is 308 g/mol. The van der Waals surface area contributed by atoms with Crippen molar-refractivity contribution in [3.8, 4) is 11.5 Å². The molecule has 21 heavy (non-hydrogen) atoms. The Bertz CT molecular complexity index is 590. The number of thioether (sulfide) groups is 2. The molecule has 2 rings (SSSR count). The molecule has 0 saturated carbocycles. The molecule has 0 aliphatic heterocycles. The van der Waals surface area contributed by atoms with Gasteiger partial charge in [0.25, 0.3) is 0 Å². The summed E-state index contributed by atoms with van der Waals surface area (Å²) >= 11 is 2.94. The van der Waals surface area contributed by atoms with Crippen molar-refractivity contribution in [1.29, 1.82) is 0 Å². The molecular formula is C13H14N4O2S2. The highest BCUT2D eigenvalue weighted by molar-refractivity contribution is 7.98. The minimum Gasteiger partial charge on any atom is -0.482 e. The second kappa shape index (κ2) is 7.84. The molecule has 0 bridgehead atoms. The first-order valence-corrected chi connectivity index (χ1v) is 8.36. The van der Waals surface area contributed by atoms with Crippen molar-refractivity contribution in [2.45, 2.75) is 10.3 Å². The number of hydrogen-bond acceptors (Lipinski definition) is 8. The first-order chi connectivity index (χ1) is 10.2. The van der Waals surface area contributed by atoms with Gasteiger partial charge in [-0.05, 0) is 12.5 Å². The monoisotopic (exact) mass is 322 g/mol. The average molecular weight is 322 g/mol. The summed E-state index contributed by atoms with van der Waals surface area (Å²) in [6.45, 7) is 3.99. The van der Waals surface area contributed by atoms with Crippen molar-refractivity contribution in [3.05, 3.63) is 37.1 Å². The van der Waals surface area contributed by atoms with Gasteiger partial charge in [-0.3, -0.25) is 0 Å². The van der Waals surface area contributed by atoms with Gasteiger partial charge < -0.3 is 9.47 Å². The third kappa shape index (κ3) is 4.91. The molecule has 0 fully saturated rings. The van der Waals surface area contributed by atoms with Crippen LogP contribution in [0.4, 0.5) is 0 Å². The van der Waals surface area contributed by atoms with E-state index in [-0.39, 0.29) is 6.61 Å². The van der Waals surface area contributed by atoms with Crippen molar-refractivity contribution >= 4 is 23.5 Å². The van der Waals surface area contributed by atoms with Crippen molar-refractivity contribution in [3.63, 3.8) is 0 Å². The quantitative estimate of drug-likeness (QED) is 0.438. The van der Waals surface area contributed by atoms with E-state index in [0.717, 1.165) is 0 Å². The first-order valence-electron chi connectivity index (χ1n) is 5.91. The summed E-state index contributed by atoms with van der Waals surface area (Å²) in [5.74, 6) is 1.53. The van der Waals surface area contributed by atoms with Crippen LogP contribution >= 0.6 is 23.5 Å². The summed E-state index contributed by atoms with van der Waals surface area (Å²) in [4.78, 5) is 16.4. The van der Waals surface area contributed by atoms with Gasteiger partial charge >= 0.3 is 0 Å². The lowest BCUT2D eigenvalue weighted by molar-refractivity contribution is 0.278. The highest BCUT2D eigenvalue weighted by Crippen LogP contribution is 2.16. The molecule has 110 valence electrons. The van der Waals surface area contributed by atoms with E-state index in [1.165, 1.54) is 23.5 Å². The largest absolute Gasteiger partial charge is 0.482 e. The van der Waals surface area contributed by atoms with E-state index >= 15 is 0 Å². The van der Waals surface area contributed by atoms with E-state index in [9.17, 15) is 0 Å². The molecule has 0 aromatic carbocycles. The van der Waals surface area contributed by atoms with E-state index in [1.807, 2.05) is 12.5 Å².